The number of fused-ring (bicyclic) bond motifs is 1. The smallest absolute Gasteiger partial charge is 0.410 e. The number of amides is 1. The number of likely N-dealkylation sites (tertiary alicyclic amines) is 1. The minimum absolute atomic E-state index is 0.244. The molecule has 9 nitrogen and oxygen atoms in total. The van der Waals surface area contributed by atoms with Crippen LogP contribution in [0.3, 0.4) is 0 Å². The summed E-state index contributed by atoms with van der Waals surface area (Å²) in [6, 6.07) is 14.6. The van der Waals surface area contributed by atoms with Gasteiger partial charge in [-0.3, -0.25) is 0 Å². The molecule has 13 heteroatoms. The maximum atomic E-state index is 12.5. The van der Waals surface area contributed by atoms with Crippen molar-refractivity contribution < 1.29 is 14.3 Å². The second kappa shape index (κ2) is 15.3. The Labute approximate surface area is 304 Å². The number of pyridine rings is 1. The maximum absolute atomic E-state index is 12.5. The highest BCUT2D eigenvalue weighted by atomic mass is 35.5. The molecule has 260 valence electrons. The Hall–Kier alpha value is -3.33. The van der Waals surface area contributed by atoms with Crippen LogP contribution in [0.2, 0.25) is 40.8 Å². The Morgan fingerprint density at radius 3 is 2.39 bits per heavy atom. The zero-order chi connectivity index (χ0) is 35.5. The maximum Gasteiger partial charge on any atom is 0.410 e. The number of carbonyl (C=O) groups excluding carboxylic acids is 1. The van der Waals surface area contributed by atoms with E-state index in [0.29, 0.717) is 75.0 Å². The summed E-state index contributed by atoms with van der Waals surface area (Å²) in [6.45, 7) is 14.6. The third-order valence-electron chi connectivity index (χ3n) is 8.44. The number of piperidine rings is 1. The number of carbonyl (C=O) groups is 1. The van der Waals surface area contributed by atoms with Crippen molar-refractivity contribution in [3.05, 3.63) is 80.2 Å². The normalized spacial score (nSPS) is 14.2. The van der Waals surface area contributed by atoms with E-state index in [4.69, 9.17) is 49.3 Å². The molecule has 3 heterocycles. The van der Waals surface area contributed by atoms with Gasteiger partial charge in [0.25, 0.3) is 0 Å². The second-order valence-electron chi connectivity index (χ2n) is 14.6. The number of benzene rings is 2. The molecule has 1 saturated heterocycles. The van der Waals surface area contributed by atoms with E-state index in [2.05, 4.69) is 36.0 Å². The van der Waals surface area contributed by atoms with Crippen molar-refractivity contribution in [1.82, 2.24) is 19.4 Å². The number of halogens is 3. The van der Waals surface area contributed by atoms with E-state index in [-0.39, 0.29) is 18.7 Å². The molecule has 1 aliphatic heterocycles. The predicted molar refractivity (Wildman–Crippen MR) is 200 cm³/mol. The number of nitrogens with zero attached hydrogens (tertiary/aromatic N) is 5. The average Bonchev–Trinajstić information content (AvgIpc) is 3.45. The van der Waals surface area contributed by atoms with Gasteiger partial charge in [0.2, 0.25) is 0 Å². The summed E-state index contributed by atoms with van der Waals surface area (Å²) in [5.74, 6) is 0.592. The molecular weight excluding hydrogens is 699 g/mol. The van der Waals surface area contributed by atoms with Crippen LogP contribution in [0.15, 0.2) is 42.7 Å². The van der Waals surface area contributed by atoms with Crippen LogP contribution in [-0.4, -0.2) is 58.9 Å². The number of ether oxygens (including phenoxy) is 2. The molecule has 0 unspecified atom stereocenters. The molecule has 0 radical (unpaired) electrons. The van der Waals surface area contributed by atoms with Gasteiger partial charge in [0.15, 0.2) is 5.82 Å². The second-order valence-corrected chi connectivity index (χ2v) is 21.5. The highest BCUT2D eigenvalue weighted by Crippen LogP contribution is 2.37. The third kappa shape index (κ3) is 9.27. The summed E-state index contributed by atoms with van der Waals surface area (Å²) in [6.07, 6.45) is 3.31. The Morgan fingerprint density at radius 1 is 1.08 bits per heavy atom. The summed E-state index contributed by atoms with van der Waals surface area (Å²) in [5.41, 5.74) is 4.00. The number of rotatable bonds is 10. The highest BCUT2D eigenvalue weighted by Gasteiger charge is 2.28. The fourth-order valence-corrected chi connectivity index (χ4v) is 7.30. The lowest BCUT2D eigenvalue weighted by Gasteiger charge is -2.33. The molecule has 0 saturated carbocycles. The Balaban J connectivity index is 1.43. The van der Waals surface area contributed by atoms with Crippen LogP contribution in [0.5, 0.6) is 0 Å². The summed E-state index contributed by atoms with van der Waals surface area (Å²) < 4.78 is 13.5. The number of aromatic nitrogens is 3. The van der Waals surface area contributed by atoms with Crippen molar-refractivity contribution in [2.45, 2.75) is 84.0 Å². The Kier molecular flexibility index (Phi) is 11.5. The van der Waals surface area contributed by atoms with Gasteiger partial charge in [0, 0.05) is 44.2 Å². The predicted octanol–water partition coefficient (Wildman–Crippen LogP) is 10.0. The van der Waals surface area contributed by atoms with Gasteiger partial charge in [-0.05, 0) is 81.0 Å². The molecule has 0 spiro atoms. The van der Waals surface area contributed by atoms with Gasteiger partial charge in [0.05, 0.1) is 28.2 Å². The van der Waals surface area contributed by atoms with Crippen LogP contribution < -0.4 is 5.32 Å². The van der Waals surface area contributed by atoms with Crippen LogP contribution in [0.1, 0.15) is 61.9 Å². The van der Waals surface area contributed by atoms with Gasteiger partial charge in [-0.25, -0.2) is 14.8 Å². The quantitative estimate of drug-likeness (QED) is 0.127. The SMILES string of the molecule is CC(C)(C)OC(=O)N1CCC(c2ccc(Nc3nc(Cc4c(Cl)cccc4Cl)c4ncn(COCC[Si](C)(C)C)c4c3C#N)c(Cl)c2)CC1. The summed E-state index contributed by atoms with van der Waals surface area (Å²) >= 11 is 20.0. The first-order valence-electron chi connectivity index (χ1n) is 16.5. The van der Waals surface area contributed by atoms with Crippen LogP contribution in [0, 0.1) is 11.3 Å². The molecule has 49 heavy (non-hydrogen) atoms. The van der Waals surface area contributed by atoms with Crippen LogP contribution in [-0.2, 0) is 22.6 Å². The molecule has 4 aromatic rings. The zero-order valence-corrected chi connectivity index (χ0v) is 32.1. The molecule has 1 amide bonds. The lowest BCUT2D eigenvalue weighted by Crippen LogP contribution is -2.41. The van der Waals surface area contributed by atoms with E-state index < -0.39 is 13.7 Å². The molecular formula is C36H43Cl3N6O3Si. The van der Waals surface area contributed by atoms with E-state index in [1.54, 1.807) is 29.4 Å². The number of hydrogen-bond donors (Lipinski definition) is 1. The Bertz CT molecular complexity index is 1850. The van der Waals surface area contributed by atoms with E-state index in [9.17, 15) is 10.1 Å². The third-order valence-corrected chi connectivity index (χ3v) is 11.2. The largest absolute Gasteiger partial charge is 0.444 e. The lowest BCUT2D eigenvalue weighted by molar-refractivity contribution is 0.0205. The lowest BCUT2D eigenvalue weighted by atomic mass is 9.89. The molecule has 2 aromatic heterocycles. The minimum atomic E-state index is -1.28. The van der Waals surface area contributed by atoms with Crippen LogP contribution in [0.25, 0.3) is 11.0 Å². The van der Waals surface area contributed by atoms with Crippen molar-refractivity contribution in [1.29, 1.82) is 5.26 Å². The molecule has 0 bridgehead atoms. The number of imidazole rings is 1. The van der Waals surface area contributed by atoms with Crippen molar-refractivity contribution in [2.24, 2.45) is 0 Å². The van der Waals surface area contributed by atoms with Gasteiger partial charge >= 0.3 is 6.09 Å². The average molecular weight is 742 g/mol. The summed E-state index contributed by atoms with van der Waals surface area (Å²) in [4.78, 5) is 23.9. The zero-order valence-electron chi connectivity index (χ0n) is 28.9. The van der Waals surface area contributed by atoms with E-state index in [0.717, 1.165) is 30.0 Å². The van der Waals surface area contributed by atoms with Gasteiger partial charge < -0.3 is 24.3 Å². The topological polar surface area (TPSA) is 105 Å². The monoisotopic (exact) mass is 740 g/mol. The number of hydrogen-bond acceptors (Lipinski definition) is 7. The number of anilines is 2. The number of nitriles is 1. The minimum Gasteiger partial charge on any atom is -0.444 e. The first kappa shape index (κ1) is 36.9. The van der Waals surface area contributed by atoms with Gasteiger partial charge in [-0.1, -0.05) is 66.6 Å². The van der Waals surface area contributed by atoms with E-state index in [1.807, 2.05) is 43.5 Å². The van der Waals surface area contributed by atoms with E-state index >= 15 is 0 Å². The fourth-order valence-electron chi connectivity index (χ4n) is 5.77. The van der Waals surface area contributed by atoms with Crippen molar-refractivity contribution in [2.75, 3.05) is 25.0 Å². The standard InChI is InChI=1S/C36H43Cl3N6O3Si/c1-36(2,3)48-35(46)44-14-12-23(13-15-44)24-10-11-30(29(39)18-24)42-34-26(20-40)33-32(41-21-45(33)22-47-16-17-49(4,5)6)31(43-34)19-25-27(37)8-7-9-28(25)38/h7-11,18,21,23H,12-17,19,22H2,1-6H3,(H,42,43). The summed E-state index contributed by atoms with van der Waals surface area (Å²) in [5, 5.41) is 15.3. The van der Waals surface area contributed by atoms with Crippen molar-refractivity contribution in [3.63, 3.8) is 0 Å². The fraction of sp³-hybridized carbons (Fsp3) is 0.444. The van der Waals surface area contributed by atoms with Crippen LogP contribution in [0.4, 0.5) is 16.3 Å². The van der Waals surface area contributed by atoms with Crippen LogP contribution >= 0.6 is 34.8 Å². The molecule has 1 N–H and O–H groups in total. The molecule has 2 aromatic carbocycles. The van der Waals surface area contributed by atoms with Crippen molar-refractivity contribution in [3.8, 4) is 6.07 Å². The molecule has 0 atom stereocenters. The number of nitrogens with one attached hydrogen (secondary N) is 1. The van der Waals surface area contributed by atoms with Gasteiger partial charge in [0.1, 0.15) is 29.5 Å². The first-order chi connectivity index (χ1) is 23.1. The van der Waals surface area contributed by atoms with Gasteiger partial charge in [-0.15, -0.1) is 0 Å². The molecule has 1 fully saturated rings. The first-order valence-corrected chi connectivity index (χ1v) is 21.3. The van der Waals surface area contributed by atoms with E-state index in [1.165, 1.54) is 0 Å². The Morgan fingerprint density at radius 2 is 1.78 bits per heavy atom. The molecule has 1 aliphatic rings. The highest BCUT2D eigenvalue weighted by molar-refractivity contribution is 6.76. The summed E-state index contributed by atoms with van der Waals surface area (Å²) in [7, 11) is -1.28. The van der Waals surface area contributed by atoms with Gasteiger partial charge in [-0.2, -0.15) is 5.26 Å². The molecule has 5 rings (SSSR count). The molecule has 0 aliphatic carbocycles. The van der Waals surface area contributed by atoms with Crippen molar-refractivity contribution >= 4 is 71.5 Å².